The van der Waals surface area contributed by atoms with Crippen molar-refractivity contribution >= 4 is 21.6 Å². The summed E-state index contributed by atoms with van der Waals surface area (Å²) in [5.41, 5.74) is 0.908. The zero-order chi connectivity index (χ0) is 13.7. The maximum atomic E-state index is 10.8. The van der Waals surface area contributed by atoms with Gasteiger partial charge in [0.05, 0.1) is 21.4 Å². The summed E-state index contributed by atoms with van der Waals surface area (Å²) >= 11 is 3.26. The SMILES string of the molecule is CC(C#N)CN(C)Cc1cccc([N+](=O)[O-])c1Br. The number of nitro groups is 1. The van der Waals surface area contributed by atoms with E-state index in [0.717, 1.165) is 5.56 Å². The Kier molecular flexibility index (Phi) is 5.25. The zero-order valence-corrected chi connectivity index (χ0v) is 11.8. The van der Waals surface area contributed by atoms with Gasteiger partial charge in [-0.3, -0.25) is 10.1 Å². The maximum Gasteiger partial charge on any atom is 0.283 e. The third-order valence-electron chi connectivity index (χ3n) is 2.50. The van der Waals surface area contributed by atoms with Gasteiger partial charge in [0.15, 0.2) is 0 Å². The first-order valence-corrected chi connectivity index (χ1v) is 6.25. The summed E-state index contributed by atoms with van der Waals surface area (Å²) in [5.74, 6) is -0.0625. The van der Waals surface area contributed by atoms with Crippen LogP contribution in [0.2, 0.25) is 0 Å². The van der Waals surface area contributed by atoms with Crippen molar-refractivity contribution in [2.45, 2.75) is 13.5 Å². The smallest absolute Gasteiger partial charge is 0.283 e. The van der Waals surface area contributed by atoms with Crippen molar-refractivity contribution in [1.82, 2.24) is 4.90 Å². The molecule has 0 saturated carbocycles. The van der Waals surface area contributed by atoms with E-state index in [4.69, 9.17) is 5.26 Å². The van der Waals surface area contributed by atoms with E-state index < -0.39 is 4.92 Å². The molecule has 0 aliphatic rings. The number of rotatable bonds is 5. The van der Waals surface area contributed by atoms with E-state index in [-0.39, 0.29) is 11.6 Å². The summed E-state index contributed by atoms with van der Waals surface area (Å²) in [6.07, 6.45) is 0. The van der Waals surface area contributed by atoms with Crippen molar-refractivity contribution in [3.8, 4) is 6.07 Å². The van der Waals surface area contributed by atoms with Gasteiger partial charge in [0, 0.05) is 19.2 Å². The summed E-state index contributed by atoms with van der Waals surface area (Å²) in [5, 5.41) is 19.5. The van der Waals surface area contributed by atoms with Gasteiger partial charge in [0.2, 0.25) is 0 Å². The van der Waals surface area contributed by atoms with Crippen molar-refractivity contribution < 1.29 is 4.92 Å². The summed E-state index contributed by atoms with van der Waals surface area (Å²) < 4.78 is 0.506. The first-order chi connectivity index (χ1) is 8.45. The van der Waals surface area contributed by atoms with Crippen LogP contribution in [0.5, 0.6) is 0 Å². The zero-order valence-electron chi connectivity index (χ0n) is 10.3. The van der Waals surface area contributed by atoms with Crippen molar-refractivity contribution in [2.75, 3.05) is 13.6 Å². The third kappa shape index (κ3) is 3.79. The van der Waals surface area contributed by atoms with E-state index in [1.807, 2.05) is 24.9 Å². The molecular formula is C12H14BrN3O2. The number of benzene rings is 1. The van der Waals surface area contributed by atoms with E-state index in [1.165, 1.54) is 6.07 Å². The average Bonchev–Trinajstić information content (AvgIpc) is 2.31. The van der Waals surface area contributed by atoms with Crippen molar-refractivity contribution in [3.63, 3.8) is 0 Å². The van der Waals surface area contributed by atoms with Crippen LogP contribution in [-0.4, -0.2) is 23.4 Å². The lowest BCUT2D eigenvalue weighted by molar-refractivity contribution is -0.385. The molecule has 18 heavy (non-hydrogen) atoms. The fourth-order valence-electron chi connectivity index (χ4n) is 1.69. The highest BCUT2D eigenvalue weighted by atomic mass is 79.9. The van der Waals surface area contributed by atoms with E-state index in [2.05, 4.69) is 22.0 Å². The second-order valence-corrected chi connectivity index (χ2v) is 5.03. The molecule has 1 unspecified atom stereocenters. The molecule has 0 aliphatic heterocycles. The predicted octanol–water partition coefficient (Wildman–Crippen LogP) is 2.95. The third-order valence-corrected chi connectivity index (χ3v) is 3.42. The fourth-order valence-corrected chi connectivity index (χ4v) is 2.23. The number of halogens is 1. The van der Waals surface area contributed by atoms with Crippen molar-refractivity contribution in [1.29, 1.82) is 5.26 Å². The van der Waals surface area contributed by atoms with Crippen LogP contribution in [0.1, 0.15) is 12.5 Å². The number of nitro benzene ring substituents is 1. The Labute approximate surface area is 114 Å². The van der Waals surface area contributed by atoms with Crippen LogP contribution in [0.3, 0.4) is 0 Å². The molecule has 0 spiro atoms. The molecule has 96 valence electrons. The highest BCUT2D eigenvalue weighted by molar-refractivity contribution is 9.10. The van der Waals surface area contributed by atoms with E-state index in [9.17, 15) is 10.1 Å². The minimum absolute atomic E-state index is 0.0625. The van der Waals surface area contributed by atoms with Gasteiger partial charge in [0.1, 0.15) is 0 Å². The average molecular weight is 312 g/mol. The largest absolute Gasteiger partial charge is 0.301 e. The van der Waals surface area contributed by atoms with Gasteiger partial charge >= 0.3 is 0 Å². The molecule has 0 bridgehead atoms. The molecule has 0 aromatic heterocycles. The molecule has 1 atom stereocenters. The predicted molar refractivity (Wildman–Crippen MR) is 71.9 cm³/mol. The summed E-state index contributed by atoms with van der Waals surface area (Å²) in [7, 11) is 1.89. The summed E-state index contributed by atoms with van der Waals surface area (Å²) in [6, 6.07) is 7.13. The second-order valence-electron chi connectivity index (χ2n) is 4.23. The Morgan fingerprint density at radius 1 is 1.61 bits per heavy atom. The van der Waals surface area contributed by atoms with Crippen molar-refractivity contribution in [3.05, 3.63) is 38.3 Å². The van der Waals surface area contributed by atoms with Gasteiger partial charge in [0.25, 0.3) is 5.69 Å². The monoisotopic (exact) mass is 311 g/mol. The first-order valence-electron chi connectivity index (χ1n) is 5.45. The van der Waals surface area contributed by atoms with Gasteiger partial charge in [-0.05, 0) is 35.5 Å². The highest BCUT2D eigenvalue weighted by Gasteiger charge is 2.16. The molecule has 0 saturated heterocycles. The van der Waals surface area contributed by atoms with Crippen LogP contribution in [-0.2, 0) is 6.54 Å². The molecule has 0 heterocycles. The molecule has 5 nitrogen and oxygen atoms in total. The van der Waals surface area contributed by atoms with Crippen LogP contribution in [0.4, 0.5) is 5.69 Å². The maximum absolute atomic E-state index is 10.8. The number of nitriles is 1. The normalized spacial score (nSPS) is 12.2. The highest BCUT2D eigenvalue weighted by Crippen LogP contribution is 2.28. The Hall–Kier alpha value is -1.45. The number of hydrogen-bond donors (Lipinski definition) is 0. The molecule has 6 heteroatoms. The number of hydrogen-bond acceptors (Lipinski definition) is 4. The van der Waals surface area contributed by atoms with E-state index >= 15 is 0 Å². The Balaban J connectivity index is 2.83. The van der Waals surface area contributed by atoms with Gasteiger partial charge in [-0.15, -0.1) is 0 Å². The van der Waals surface area contributed by atoms with Gasteiger partial charge in [-0.2, -0.15) is 5.26 Å². The summed E-state index contributed by atoms with van der Waals surface area (Å²) in [4.78, 5) is 12.4. The molecule has 0 fully saturated rings. The molecular weight excluding hydrogens is 298 g/mol. The molecule has 1 rings (SSSR count). The van der Waals surface area contributed by atoms with Gasteiger partial charge < -0.3 is 4.90 Å². The standard InChI is InChI=1S/C12H14BrN3O2/c1-9(6-14)7-15(2)8-10-4-3-5-11(12(10)13)16(17)18/h3-5,9H,7-8H2,1-2H3. The molecule has 1 aromatic carbocycles. The Morgan fingerprint density at radius 3 is 2.83 bits per heavy atom. The molecule has 0 N–H and O–H groups in total. The lowest BCUT2D eigenvalue weighted by atomic mass is 10.1. The molecule has 1 aromatic rings. The molecule has 0 radical (unpaired) electrons. The topological polar surface area (TPSA) is 70.2 Å². The van der Waals surface area contributed by atoms with Crippen molar-refractivity contribution in [2.24, 2.45) is 5.92 Å². The lowest BCUT2D eigenvalue weighted by Gasteiger charge is -2.18. The van der Waals surface area contributed by atoms with Gasteiger partial charge in [-0.25, -0.2) is 0 Å². The fraction of sp³-hybridized carbons (Fsp3) is 0.417. The Bertz CT molecular complexity index is 485. The van der Waals surface area contributed by atoms with Crippen LogP contribution in [0.15, 0.2) is 22.7 Å². The molecule has 0 aliphatic carbocycles. The van der Waals surface area contributed by atoms with Gasteiger partial charge in [-0.1, -0.05) is 12.1 Å². The van der Waals surface area contributed by atoms with Crippen LogP contribution < -0.4 is 0 Å². The Morgan fingerprint density at radius 2 is 2.28 bits per heavy atom. The second kappa shape index (κ2) is 6.47. The van der Waals surface area contributed by atoms with Crippen LogP contribution >= 0.6 is 15.9 Å². The van der Waals surface area contributed by atoms with Crippen LogP contribution in [0, 0.1) is 27.4 Å². The van der Waals surface area contributed by atoms with E-state index in [0.29, 0.717) is 17.6 Å². The number of nitrogens with zero attached hydrogens (tertiary/aromatic N) is 3. The minimum Gasteiger partial charge on any atom is -0.301 e. The first kappa shape index (κ1) is 14.6. The summed E-state index contributed by atoms with van der Waals surface area (Å²) in [6.45, 7) is 3.04. The molecule has 0 amide bonds. The van der Waals surface area contributed by atoms with E-state index in [1.54, 1.807) is 6.07 Å². The van der Waals surface area contributed by atoms with Crippen LogP contribution in [0.25, 0.3) is 0 Å². The quantitative estimate of drug-likeness (QED) is 0.619. The lowest BCUT2D eigenvalue weighted by Crippen LogP contribution is -2.23. The minimum atomic E-state index is -0.411.